The van der Waals surface area contributed by atoms with Crippen molar-refractivity contribution in [3.8, 4) is 0 Å². The van der Waals surface area contributed by atoms with Crippen LogP contribution in [0.4, 0.5) is 0 Å². The minimum atomic E-state index is -1.18. The molecule has 0 aliphatic carbocycles. The van der Waals surface area contributed by atoms with Gasteiger partial charge in [0.1, 0.15) is 0 Å². The molecule has 0 bridgehead atoms. The van der Waals surface area contributed by atoms with Crippen molar-refractivity contribution in [2.75, 3.05) is 13.2 Å². The second-order valence-electron chi connectivity index (χ2n) is 3.16. The van der Waals surface area contributed by atoms with Crippen LogP contribution in [0.15, 0.2) is 0 Å². The van der Waals surface area contributed by atoms with Gasteiger partial charge in [0.05, 0.1) is 0 Å². The Labute approximate surface area is 66.6 Å². The summed E-state index contributed by atoms with van der Waals surface area (Å²) in [5.41, 5.74) is 0. The first-order valence-corrected chi connectivity index (χ1v) is 4.00. The second kappa shape index (κ2) is 4.01. The highest BCUT2D eigenvalue weighted by atomic mass is 16.5. The van der Waals surface area contributed by atoms with Crippen LogP contribution in [0.5, 0.6) is 0 Å². The summed E-state index contributed by atoms with van der Waals surface area (Å²) in [7, 11) is 0. The first-order chi connectivity index (χ1) is 5.20. The van der Waals surface area contributed by atoms with Crippen LogP contribution < -0.4 is 10.6 Å². The Morgan fingerprint density at radius 1 is 1.55 bits per heavy atom. The molecule has 1 heterocycles. The molecule has 2 unspecified atom stereocenters. The fourth-order valence-electron chi connectivity index (χ4n) is 1.27. The lowest BCUT2D eigenvalue weighted by atomic mass is 10.0. The Kier molecular flexibility index (Phi) is 3.26. The van der Waals surface area contributed by atoms with Gasteiger partial charge in [-0.05, 0) is 6.42 Å². The van der Waals surface area contributed by atoms with Crippen LogP contribution in [0, 0.1) is 5.92 Å². The van der Waals surface area contributed by atoms with Gasteiger partial charge in [0.15, 0.2) is 6.29 Å². The highest BCUT2D eigenvalue weighted by Crippen LogP contribution is 2.09. The van der Waals surface area contributed by atoms with Crippen molar-refractivity contribution in [3.05, 3.63) is 0 Å². The molecule has 1 saturated heterocycles. The van der Waals surface area contributed by atoms with E-state index in [1.165, 1.54) is 0 Å². The summed E-state index contributed by atoms with van der Waals surface area (Å²) in [6, 6.07) is 0.395. The molecular formula is C7H16N2O2. The molecule has 0 amide bonds. The largest absolute Gasteiger partial charge is 0.368 e. The number of rotatable bonds is 3. The van der Waals surface area contributed by atoms with Crippen molar-refractivity contribution in [2.45, 2.75) is 25.7 Å². The van der Waals surface area contributed by atoms with Gasteiger partial charge in [-0.3, -0.25) is 0 Å². The fraction of sp³-hybridized carbons (Fsp3) is 1.00. The molecular weight excluding hydrogens is 144 g/mol. The van der Waals surface area contributed by atoms with Gasteiger partial charge in [-0.15, -0.1) is 0 Å². The average Bonchev–Trinajstić information content (AvgIpc) is 2.39. The third-order valence-corrected chi connectivity index (χ3v) is 2.07. The molecule has 4 heteroatoms. The topological polar surface area (TPSA) is 64.5 Å². The maximum Gasteiger partial charge on any atom is 0.154 e. The van der Waals surface area contributed by atoms with Crippen molar-refractivity contribution < 1.29 is 10.2 Å². The summed E-state index contributed by atoms with van der Waals surface area (Å²) < 4.78 is 0. The van der Waals surface area contributed by atoms with E-state index in [0.717, 1.165) is 19.6 Å². The Bertz CT molecular complexity index is 113. The molecule has 2 atom stereocenters. The molecule has 0 saturated carbocycles. The second-order valence-corrected chi connectivity index (χ2v) is 3.16. The average molecular weight is 160 g/mol. The van der Waals surface area contributed by atoms with E-state index in [2.05, 4.69) is 10.6 Å². The zero-order valence-electron chi connectivity index (χ0n) is 6.75. The van der Waals surface area contributed by atoms with Crippen molar-refractivity contribution >= 4 is 0 Å². The maximum absolute atomic E-state index is 8.79. The third-order valence-electron chi connectivity index (χ3n) is 2.07. The van der Waals surface area contributed by atoms with Crippen LogP contribution in [-0.4, -0.2) is 35.8 Å². The molecule has 0 aromatic carbocycles. The molecule has 11 heavy (non-hydrogen) atoms. The maximum atomic E-state index is 8.79. The van der Waals surface area contributed by atoms with Crippen molar-refractivity contribution in [1.82, 2.24) is 10.6 Å². The van der Waals surface area contributed by atoms with Crippen LogP contribution in [-0.2, 0) is 0 Å². The molecule has 0 aromatic rings. The minimum Gasteiger partial charge on any atom is -0.368 e. The summed E-state index contributed by atoms with van der Waals surface area (Å²) >= 11 is 0. The van der Waals surface area contributed by atoms with Crippen LogP contribution in [0.1, 0.15) is 13.3 Å². The Balaban J connectivity index is 2.18. The van der Waals surface area contributed by atoms with Gasteiger partial charge in [-0.2, -0.15) is 0 Å². The molecule has 66 valence electrons. The quantitative estimate of drug-likeness (QED) is 0.393. The number of aliphatic hydroxyl groups excluding tert-OH is 1. The van der Waals surface area contributed by atoms with Crippen molar-refractivity contribution in [1.29, 1.82) is 0 Å². The van der Waals surface area contributed by atoms with Crippen LogP contribution in [0.3, 0.4) is 0 Å². The van der Waals surface area contributed by atoms with E-state index < -0.39 is 6.29 Å². The van der Waals surface area contributed by atoms with Crippen LogP contribution in [0.2, 0.25) is 0 Å². The molecule has 1 rings (SSSR count). The van der Waals surface area contributed by atoms with Gasteiger partial charge < -0.3 is 20.8 Å². The Morgan fingerprint density at radius 2 is 2.27 bits per heavy atom. The highest BCUT2D eigenvalue weighted by Gasteiger charge is 2.19. The van der Waals surface area contributed by atoms with Gasteiger partial charge in [0.25, 0.3) is 0 Å². The van der Waals surface area contributed by atoms with E-state index in [4.69, 9.17) is 10.2 Å². The van der Waals surface area contributed by atoms with Crippen LogP contribution in [0.25, 0.3) is 0 Å². The molecule has 4 N–H and O–H groups in total. The normalized spacial score (nSPS) is 27.8. The number of hydrogen-bond donors (Lipinski definition) is 4. The molecule has 0 spiro atoms. The predicted molar refractivity (Wildman–Crippen MR) is 41.8 cm³/mol. The fourth-order valence-corrected chi connectivity index (χ4v) is 1.27. The van der Waals surface area contributed by atoms with Crippen molar-refractivity contribution in [2.24, 2.45) is 5.92 Å². The summed E-state index contributed by atoms with van der Waals surface area (Å²) in [5, 5.41) is 23.9. The zero-order chi connectivity index (χ0) is 8.27. The lowest BCUT2D eigenvalue weighted by Crippen LogP contribution is -2.30. The predicted octanol–water partition coefficient (Wildman–Crippen LogP) is -1.16. The molecule has 1 aliphatic heterocycles. The first-order valence-electron chi connectivity index (χ1n) is 4.00. The smallest absolute Gasteiger partial charge is 0.154 e. The van der Waals surface area contributed by atoms with Crippen molar-refractivity contribution in [3.63, 3.8) is 0 Å². The third kappa shape index (κ3) is 2.75. The van der Waals surface area contributed by atoms with Gasteiger partial charge in [0, 0.05) is 25.2 Å². The molecule has 1 fully saturated rings. The molecule has 1 aliphatic rings. The molecule has 0 radical (unpaired) electrons. The molecule has 4 nitrogen and oxygen atoms in total. The molecule has 0 aromatic heterocycles. The Hall–Kier alpha value is -0.160. The zero-order valence-corrected chi connectivity index (χ0v) is 6.75. The number of aliphatic hydroxyl groups is 2. The van der Waals surface area contributed by atoms with Gasteiger partial charge in [0.2, 0.25) is 0 Å². The van der Waals surface area contributed by atoms with E-state index in [1.54, 1.807) is 0 Å². The standard InChI is InChI=1S/C7H16N2O2/c1-5(7(10)11)2-6-3-8-4-9-6/h5-11H,2-4H2,1H3. The van der Waals surface area contributed by atoms with E-state index in [-0.39, 0.29) is 5.92 Å². The van der Waals surface area contributed by atoms with E-state index in [0.29, 0.717) is 6.04 Å². The van der Waals surface area contributed by atoms with E-state index in [9.17, 15) is 0 Å². The first kappa shape index (κ1) is 8.93. The number of nitrogens with one attached hydrogen (secondary N) is 2. The summed E-state index contributed by atoms with van der Waals surface area (Å²) in [6.07, 6.45) is -0.373. The lowest BCUT2D eigenvalue weighted by Gasteiger charge is -2.17. The van der Waals surface area contributed by atoms with Gasteiger partial charge in [-0.1, -0.05) is 6.92 Å². The van der Waals surface area contributed by atoms with Gasteiger partial charge in [-0.25, -0.2) is 0 Å². The Morgan fingerprint density at radius 3 is 2.73 bits per heavy atom. The monoisotopic (exact) mass is 160 g/mol. The van der Waals surface area contributed by atoms with E-state index >= 15 is 0 Å². The minimum absolute atomic E-state index is 0.0487. The highest BCUT2D eigenvalue weighted by molar-refractivity contribution is 4.77. The summed E-state index contributed by atoms with van der Waals surface area (Å²) in [5.74, 6) is -0.0487. The lowest BCUT2D eigenvalue weighted by molar-refractivity contribution is -0.0818. The summed E-state index contributed by atoms with van der Waals surface area (Å²) in [6.45, 7) is 3.60. The van der Waals surface area contributed by atoms with E-state index in [1.807, 2.05) is 6.92 Å². The number of hydrogen-bond acceptors (Lipinski definition) is 4. The van der Waals surface area contributed by atoms with Crippen LogP contribution >= 0.6 is 0 Å². The van der Waals surface area contributed by atoms with Gasteiger partial charge >= 0.3 is 0 Å². The SMILES string of the molecule is CC(CC1CNCN1)C(O)O. The summed E-state index contributed by atoms with van der Waals surface area (Å²) in [4.78, 5) is 0.